The predicted octanol–water partition coefficient (Wildman–Crippen LogP) is 5.00. The highest BCUT2D eigenvalue weighted by molar-refractivity contribution is 6.76. The fourth-order valence-electron chi connectivity index (χ4n) is 6.60. The SMILES string of the molecule is C[Si](C)(C)CCOCn1ccc2c1NCN=C2c1cnn(C2(CC#N)CN(C3CCN(C(=O)c4ccnc(C(F)(F)F)c4F)CC3)C2)c1. The van der Waals surface area contributed by atoms with Crippen LogP contribution in [0.2, 0.25) is 25.7 Å². The lowest BCUT2D eigenvalue weighted by molar-refractivity contribution is -0.143. The van der Waals surface area contributed by atoms with E-state index in [4.69, 9.17) is 9.73 Å². The molecule has 6 heterocycles. The third-order valence-corrected chi connectivity index (χ3v) is 11.0. The van der Waals surface area contributed by atoms with Crippen LogP contribution in [-0.2, 0) is 23.2 Å². The van der Waals surface area contributed by atoms with E-state index >= 15 is 0 Å². The first-order valence-corrected chi connectivity index (χ1v) is 19.7. The maximum Gasteiger partial charge on any atom is 0.436 e. The fourth-order valence-corrected chi connectivity index (χ4v) is 7.36. The standard InChI is InChI=1S/C32H39F4N9O2Si/c1-48(2,3)15-14-47-21-43-13-7-25-27(39-20-40-29(25)43)22-16-41-45(17-22)31(8-9-37)18-44(19-31)23-5-11-42(12-6-23)30(46)24-4-10-38-28(26(24)33)32(34,35)36/h4,7,10,13,16-17,23,40H,5-6,8,11-12,14-15,18-21H2,1-3H3. The van der Waals surface area contributed by atoms with Crippen molar-refractivity contribution in [2.24, 2.45) is 4.99 Å². The summed E-state index contributed by atoms with van der Waals surface area (Å²) in [5.74, 6) is -1.48. The molecule has 256 valence electrons. The number of nitrogens with one attached hydrogen (secondary N) is 1. The molecule has 0 bridgehead atoms. The lowest BCUT2D eigenvalue weighted by Gasteiger charge is -2.53. The molecule has 0 aliphatic carbocycles. The summed E-state index contributed by atoms with van der Waals surface area (Å²) in [6.45, 7) is 10.3. The molecule has 2 fully saturated rings. The Morgan fingerprint density at radius 3 is 2.65 bits per heavy atom. The topological polar surface area (TPSA) is 117 Å². The molecular formula is C32H39F4N9O2Si. The lowest BCUT2D eigenvalue weighted by Crippen LogP contribution is -2.66. The summed E-state index contributed by atoms with van der Waals surface area (Å²) >= 11 is 0. The van der Waals surface area contributed by atoms with Gasteiger partial charge in [0.2, 0.25) is 0 Å². The zero-order valence-corrected chi connectivity index (χ0v) is 28.2. The number of hydrogen-bond acceptors (Lipinski definition) is 8. The van der Waals surface area contributed by atoms with Gasteiger partial charge in [-0.3, -0.25) is 19.4 Å². The molecule has 1 N–H and O–H groups in total. The largest absolute Gasteiger partial charge is 0.436 e. The van der Waals surface area contributed by atoms with Gasteiger partial charge in [0.1, 0.15) is 24.8 Å². The number of aliphatic imine (C=N–C) groups is 1. The number of fused-ring (bicyclic) bond motifs is 1. The normalized spacial score (nSPS) is 18.5. The van der Waals surface area contributed by atoms with Crippen LogP contribution in [0.3, 0.4) is 0 Å². The zero-order chi connectivity index (χ0) is 34.3. The number of rotatable bonds is 10. The number of carbonyl (C=O) groups excluding carboxylic acids is 1. The number of anilines is 1. The van der Waals surface area contributed by atoms with Crippen LogP contribution in [0.15, 0.2) is 41.9 Å². The van der Waals surface area contributed by atoms with Crippen LogP contribution in [-0.4, -0.2) is 94.3 Å². The van der Waals surface area contributed by atoms with Crippen molar-refractivity contribution in [3.05, 3.63) is 65.1 Å². The second kappa shape index (κ2) is 13.1. The molecule has 6 rings (SSSR count). The van der Waals surface area contributed by atoms with Crippen molar-refractivity contribution in [2.75, 3.05) is 44.8 Å². The molecule has 0 radical (unpaired) electrons. The molecular weight excluding hydrogens is 646 g/mol. The molecule has 0 spiro atoms. The Bertz CT molecular complexity index is 1730. The van der Waals surface area contributed by atoms with E-state index in [1.807, 2.05) is 27.7 Å². The number of nitriles is 1. The number of alkyl halides is 3. The molecule has 0 saturated carbocycles. The Morgan fingerprint density at radius 2 is 1.96 bits per heavy atom. The van der Waals surface area contributed by atoms with Gasteiger partial charge in [-0.25, -0.2) is 9.37 Å². The number of halogens is 4. The van der Waals surface area contributed by atoms with Crippen molar-refractivity contribution in [3.63, 3.8) is 0 Å². The van der Waals surface area contributed by atoms with E-state index in [1.54, 1.807) is 6.20 Å². The van der Waals surface area contributed by atoms with E-state index in [9.17, 15) is 27.6 Å². The minimum Gasteiger partial charge on any atom is -0.361 e. The summed E-state index contributed by atoms with van der Waals surface area (Å²) in [4.78, 5) is 24.4. The molecule has 3 aromatic heterocycles. The van der Waals surface area contributed by atoms with Gasteiger partial charge in [0.25, 0.3) is 5.91 Å². The summed E-state index contributed by atoms with van der Waals surface area (Å²) in [5.41, 5.74) is -0.209. The fraction of sp³-hybridized carbons (Fsp3) is 0.531. The highest BCUT2D eigenvalue weighted by atomic mass is 28.3. The minimum atomic E-state index is -4.99. The van der Waals surface area contributed by atoms with Crippen molar-refractivity contribution >= 4 is 25.5 Å². The number of hydrogen-bond donors (Lipinski definition) is 1. The van der Waals surface area contributed by atoms with E-state index < -0.39 is 42.8 Å². The molecule has 3 aliphatic heterocycles. The van der Waals surface area contributed by atoms with Crippen molar-refractivity contribution in [2.45, 2.75) is 69.4 Å². The molecule has 48 heavy (non-hydrogen) atoms. The average molecular weight is 686 g/mol. The molecule has 3 aromatic rings. The number of aromatic nitrogens is 4. The van der Waals surface area contributed by atoms with Crippen LogP contribution in [0, 0.1) is 17.1 Å². The first-order valence-electron chi connectivity index (χ1n) is 16.0. The van der Waals surface area contributed by atoms with Crippen LogP contribution in [0.1, 0.15) is 46.4 Å². The molecule has 3 aliphatic rings. The van der Waals surface area contributed by atoms with E-state index in [-0.39, 0.29) is 25.6 Å². The minimum absolute atomic E-state index is 0.105. The van der Waals surface area contributed by atoms with Gasteiger partial charge < -0.3 is 19.5 Å². The Hall–Kier alpha value is -4.07. The first-order chi connectivity index (χ1) is 22.8. The van der Waals surface area contributed by atoms with Crippen molar-refractivity contribution in [3.8, 4) is 6.07 Å². The number of piperidine rings is 1. The van der Waals surface area contributed by atoms with E-state index in [0.717, 1.165) is 47.6 Å². The van der Waals surface area contributed by atoms with Crippen molar-refractivity contribution in [1.29, 1.82) is 5.26 Å². The molecule has 0 unspecified atom stereocenters. The highest BCUT2D eigenvalue weighted by Gasteiger charge is 2.48. The molecule has 0 aromatic carbocycles. The summed E-state index contributed by atoms with van der Waals surface area (Å²) in [6, 6.07) is 6.52. The highest BCUT2D eigenvalue weighted by Crippen LogP contribution is 2.37. The number of nitrogens with zero attached hydrogens (tertiary/aromatic N) is 8. The Morgan fingerprint density at radius 1 is 1.21 bits per heavy atom. The summed E-state index contributed by atoms with van der Waals surface area (Å²) < 4.78 is 63.8. The number of likely N-dealkylation sites (tertiary alicyclic amines) is 2. The molecule has 0 atom stereocenters. The molecule has 16 heteroatoms. The van der Waals surface area contributed by atoms with Crippen LogP contribution >= 0.6 is 0 Å². The first kappa shape index (κ1) is 33.8. The number of pyridine rings is 1. The second-order valence-corrected chi connectivity index (χ2v) is 19.5. The maximum absolute atomic E-state index is 14.6. The monoisotopic (exact) mass is 685 g/mol. The van der Waals surface area contributed by atoms with E-state index in [0.29, 0.717) is 39.3 Å². The Kier molecular flexibility index (Phi) is 9.22. The average Bonchev–Trinajstić information content (AvgIpc) is 3.68. The van der Waals surface area contributed by atoms with Gasteiger partial charge in [-0.1, -0.05) is 19.6 Å². The van der Waals surface area contributed by atoms with Gasteiger partial charge in [0, 0.05) is 76.6 Å². The van der Waals surface area contributed by atoms with Gasteiger partial charge in [-0.05, 0) is 31.0 Å². The van der Waals surface area contributed by atoms with Crippen LogP contribution in [0.25, 0.3) is 0 Å². The number of ether oxygens (including phenoxy) is 1. The van der Waals surface area contributed by atoms with E-state index in [2.05, 4.69) is 46.0 Å². The number of carbonyl (C=O) groups is 1. The van der Waals surface area contributed by atoms with Gasteiger partial charge >= 0.3 is 6.18 Å². The number of amides is 1. The van der Waals surface area contributed by atoms with Crippen LogP contribution in [0.5, 0.6) is 0 Å². The molecule has 1 amide bonds. The third kappa shape index (κ3) is 6.76. The predicted molar refractivity (Wildman–Crippen MR) is 173 cm³/mol. The third-order valence-electron chi connectivity index (χ3n) is 9.33. The quantitative estimate of drug-likeness (QED) is 0.182. The Labute approximate surface area is 277 Å². The van der Waals surface area contributed by atoms with E-state index in [1.165, 1.54) is 4.90 Å². The van der Waals surface area contributed by atoms with Crippen molar-refractivity contribution in [1.82, 2.24) is 29.1 Å². The van der Waals surface area contributed by atoms with Crippen LogP contribution in [0.4, 0.5) is 23.4 Å². The lowest BCUT2D eigenvalue weighted by atomic mass is 9.83. The Balaban J connectivity index is 1.08. The smallest absolute Gasteiger partial charge is 0.361 e. The maximum atomic E-state index is 14.6. The van der Waals surface area contributed by atoms with Gasteiger partial charge in [0.15, 0.2) is 11.5 Å². The summed E-state index contributed by atoms with van der Waals surface area (Å²) in [5, 5.41) is 17.8. The molecule has 11 nitrogen and oxygen atoms in total. The van der Waals surface area contributed by atoms with Gasteiger partial charge in [-0.15, -0.1) is 0 Å². The van der Waals surface area contributed by atoms with Gasteiger partial charge in [0.05, 0.1) is 30.0 Å². The summed E-state index contributed by atoms with van der Waals surface area (Å²) in [7, 11) is -1.18. The summed E-state index contributed by atoms with van der Waals surface area (Å²) in [6.07, 6.45) is 2.94. The second-order valence-electron chi connectivity index (χ2n) is 13.9. The van der Waals surface area contributed by atoms with Crippen LogP contribution < -0.4 is 5.32 Å². The molecule has 2 saturated heterocycles. The van der Waals surface area contributed by atoms with Gasteiger partial charge in [-0.2, -0.15) is 23.5 Å². The van der Waals surface area contributed by atoms with Crippen molar-refractivity contribution < 1.29 is 27.1 Å². The zero-order valence-electron chi connectivity index (χ0n) is 27.2.